The van der Waals surface area contributed by atoms with E-state index in [9.17, 15) is 26.7 Å². The van der Waals surface area contributed by atoms with Crippen molar-refractivity contribution in [2.24, 2.45) is 7.05 Å². The number of halogens is 5. The Morgan fingerprint density at radius 3 is 2.45 bits per heavy atom. The van der Waals surface area contributed by atoms with E-state index in [0.29, 0.717) is 18.6 Å². The fourth-order valence-electron chi connectivity index (χ4n) is 2.92. The van der Waals surface area contributed by atoms with E-state index in [1.807, 2.05) is 0 Å². The highest BCUT2D eigenvalue weighted by Gasteiger charge is 2.25. The summed E-state index contributed by atoms with van der Waals surface area (Å²) in [5.74, 6) is -4.30. The Morgan fingerprint density at radius 1 is 1.21 bits per heavy atom. The lowest BCUT2D eigenvalue weighted by atomic mass is 10.2. The SMILES string of the molecule is CCCc1c(NC(=O)c2cn(C)nc2C(F)F)cnn1-c1c(F)cc(F)cc1F. The molecule has 1 amide bonds. The number of rotatable bonds is 6. The molecule has 0 bridgehead atoms. The van der Waals surface area contributed by atoms with Gasteiger partial charge >= 0.3 is 0 Å². The first-order chi connectivity index (χ1) is 13.7. The minimum absolute atomic E-state index is 0.0871. The van der Waals surface area contributed by atoms with Gasteiger partial charge in [0, 0.05) is 25.4 Å². The van der Waals surface area contributed by atoms with E-state index < -0.39 is 41.2 Å². The second-order valence-corrected chi connectivity index (χ2v) is 6.24. The van der Waals surface area contributed by atoms with Crippen LogP contribution in [0, 0.1) is 17.5 Å². The summed E-state index contributed by atoms with van der Waals surface area (Å²) in [6.45, 7) is 1.79. The van der Waals surface area contributed by atoms with E-state index in [4.69, 9.17) is 0 Å². The van der Waals surface area contributed by atoms with E-state index >= 15 is 0 Å². The number of alkyl halides is 2. The molecular formula is C18H16F5N5O. The van der Waals surface area contributed by atoms with Crippen LogP contribution in [-0.2, 0) is 13.5 Å². The molecule has 0 aliphatic heterocycles. The van der Waals surface area contributed by atoms with Crippen LogP contribution in [0.3, 0.4) is 0 Å². The molecule has 1 N–H and O–H groups in total. The molecule has 0 atom stereocenters. The van der Waals surface area contributed by atoms with Gasteiger partial charge in [0.05, 0.1) is 23.1 Å². The Bertz CT molecular complexity index is 1040. The molecule has 11 heteroatoms. The monoisotopic (exact) mass is 413 g/mol. The molecular weight excluding hydrogens is 397 g/mol. The molecule has 0 aliphatic carbocycles. The Hall–Kier alpha value is -3.24. The molecule has 0 spiro atoms. The number of hydrogen-bond acceptors (Lipinski definition) is 3. The third-order valence-electron chi connectivity index (χ3n) is 4.11. The minimum atomic E-state index is -2.96. The van der Waals surface area contributed by atoms with Crippen LogP contribution in [-0.4, -0.2) is 25.5 Å². The topological polar surface area (TPSA) is 64.7 Å². The molecule has 29 heavy (non-hydrogen) atoms. The summed E-state index contributed by atoms with van der Waals surface area (Å²) in [4.78, 5) is 12.5. The zero-order chi connectivity index (χ0) is 21.3. The first kappa shape index (κ1) is 20.5. The van der Waals surface area contributed by atoms with Crippen molar-refractivity contribution < 1.29 is 26.7 Å². The Balaban J connectivity index is 2.01. The number of nitrogens with one attached hydrogen (secondary N) is 1. The number of aryl methyl sites for hydroxylation is 1. The number of aromatic nitrogens is 4. The lowest BCUT2D eigenvalue weighted by Gasteiger charge is -2.11. The van der Waals surface area contributed by atoms with Crippen molar-refractivity contribution in [1.82, 2.24) is 19.6 Å². The predicted octanol–water partition coefficient (Wildman–Crippen LogP) is 4.17. The van der Waals surface area contributed by atoms with Gasteiger partial charge in [0.2, 0.25) is 0 Å². The van der Waals surface area contributed by atoms with Gasteiger partial charge in [0.1, 0.15) is 17.2 Å². The van der Waals surface area contributed by atoms with Gasteiger partial charge in [-0.25, -0.2) is 26.6 Å². The highest BCUT2D eigenvalue weighted by molar-refractivity contribution is 6.05. The van der Waals surface area contributed by atoms with Gasteiger partial charge in [-0.1, -0.05) is 13.3 Å². The highest BCUT2D eigenvalue weighted by atomic mass is 19.3. The number of benzene rings is 1. The normalized spacial score (nSPS) is 11.3. The van der Waals surface area contributed by atoms with Crippen molar-refractivity contribution in [3.8, 4) is 5.69 Å². The molecule has 6 nitrogen and oxygen atoms in total. The van der Waals surface area contributed by atoms with Crippen LogP contribution in [0.25, 0.3) is 5.69 Å². The number of amides is 1. The predicted molar refractivity (Wildman–Crippen MR) is 93.6 cm³/mol. The van der Waals surface area contributed by atoms with Crippen molar-refractivity contribution in [2.45, 2.75) is 26.2 Å². The molecule has 0 fully saturated rings. The Morgan fingerprint density at radius 2 is 1.86 bits per heavy atom. The maximum absolute atomic E-state index is 14.2. The molecule has 154 valence electrons. The summed E-state index contributed by atoms with van der Waals surface area (Å²) in [5, 5.41) is 9.90. The van der Waals surface area contributed by atoms with E-state index in [2.05, 4.69) is 15.5 Å². The standard InChI is InChI=1S/C18H16F5N5O/c1-3-4-14-13(25-18(29)10-8-27(2)26-15(10)17(22)23)7-24-28(14)16-11(20)5-9(19)6-12(16)21/h5-8,17H,3-4H2,1-2H3,(H,25,29). The summed E-state index contributed by atoms with van der Waals surface area (Å²) in [7, 11) is 1.39. The maximum atomic E-state index is 14.2. The van der Waals surface area contributed by atoms with Gasteiger partial charge in [-0.3, -0.25) is 9.48 Å². The van der Waals surface area contributed by atoms with Crippen molar-refractivity contribution in [2.75, 3.05) is 5.32 Å². The molecule has 2 aromatic heterocycles. The fraction of sp³-hybridized carbons (Fsp3) is 0.278. The first-order valence-electron chi connectivity index (χ1n) is 8.57. The number of anilines is 1. The Labute approximate surface area is 161 Å². The summed E-state index contributed by atoms with van der Waals surface area (Å²) >= 11 is 0. The minimum Gasteiger partial charge on any atom is -0.319 e. The third-order valence-corrected chi connectivity index (χ3v) is 4.11. The summed E-state index contributed by atoms with van der Waals surface area (Å²) in [6.07, 6.45) is 0.0930. The highest BCUT2D eigenvalue weighted by Crippen LogP contribution is 2.27. The number of carbonyl (C=O) groups excluding carboxylic acids is 1. The van der Waals surface area contributed by atoms with Crippen LogP contribution in [0.15, 0.2) is 24.5 Å². The van der Waals surface area contributed by atoms with Gasteiger partial charge in [-0.15, -0.1) is 0 Å². The molecule has 2 heterocycles. The van der Waals surface area contributed by atoms with Crippen LogP contribution in [0.5, 0.6) is 0 Å². The van der Waals surface area contributed by atoms with Gasteiger partial charge in [-0.05, 0) is 6.42 Å². The van der Waals surface area contributed by atoms with E-state index in [1.165, 1.54) is 7.05 Å². The molecule has 0 saturated carbocycles. The first-order valence-corrected chi connectivity index (χ1v) is 8.57. The fourth-order valence-corrected chi connectivity index (χ4v) is 2.92. The van der Waals surface area contributed by atoms with E-state index in [0.717, 1.165) is 21.8 Å². The summed E-state index contributed by atoms with van der Waals surface area (Å²) in [6, 6.07) is 1.03. The molecule has 3 rings (SSSR count). The quantitative estimate of drug-likeness (QED) is 0.617. The molecule has 3 aromatic rings. The van der Waals surface area contributed by atoms with Gasteiger partial charge in [-0.2, -0.15) is 10.2 Å². The van der Waals surface area contributed by atoms with Crippen LogP contribution in [0.1, 0.15) is 41.5 Å². The zero-order valence-electron chi connectivity index (χ0n) is 15.4. The average Bonchev–Trinajstić information content (AvgIpc) is 3.19. The molecule has 0 unspecified atom stereocenters. The second-order valence-electron chi connectivity index (χ2n) is 6.24. The number of carbonyl (C=O) groups is 1. The van der Waals surface area contributed by atoms with Crippen LogP contribution in [0.4, 0.5) is 27.6 Å². The third kappa shape index (κ3) is 3.98. The second kappa shape index (κ2) is 8.02. The van der Waals surface area contributed by atoms with Gasteiger partial charge < -0.3 is 5.32 Å². The molecule has 0 aliphatic rings. The van der Waals surface area contributed by atoms with Crippen molar-refractivity contribution in [1.29, 1.82) is 0 Å². The smallest absolute Gasteiger partial charge is 0.282 e. The molecule has 0 saturated heterocycles. The summed E-state index contributed by atoms with van der Waals surface area (Å²) in [5.41, 5.74) is -1.32. The lowest BCUT2D eigenvalue weighted by Crippen LogP contribution is -2.15. The van der Waals surface area contributed by atoms with Gasteiger partial charge in [0.25, 0.3) is 12.3 Å². The van der Waals surface area contributed by atoms with E-state index in [1.54, 1.807) is 6.92 Å². The van der Waals surface area contributed by atoms with Crippen molar-refractivity contribution in [3.05, 3.63) is 58.9 Å². The van der Waals surface area contributed by atoms with Crippen molar-refractivity contribution in [3.63, 3.8) is 0 Å². The number of hydrogen-bond donors (Lipinski definition) is 1. The zero-order valence-corrected chi connectivity index (χ0v) is 15.4. The van der Waals surface area contributed by atoms with Crippen LogP contribution in [0.2, 0.25) is 0 Å². The Kier molecular flexibility index (Phi) is 5.66. The molecule has 1 aromatic carbocycles. The van der Waals surface area contributed by atoms with Crippen LogP contribution >= 0.6 is 0 Å². The summed E-state index contributed by atoms with van der Waals surface area (Å²) < 4.78 is 69.8. The van der Waals surface area contributed by atoms with Gasteiger partial charge in [0.15, 0.2) is 11.6 Å². The lowest BCUT2D eigenvalue weighted by molar-refractivity contribution is 0.101. The molecule has 0 radical (unpaired) electrons. The van der Waals surface area contributed by atoms with Crippen LogP contribution < -0.4 is 5.32 Å². The van der Waals surface area contributed by atoms with E-state index in [-0.39, 0.29) is 23.4 Å². The average molecular weight is 413 g/mol. The number of nitrogens with zero attached hydrogens (tertiary/aromatic N) is 4. The largest absolute Gasteiger partial charge is 0.319 e. The maximum Gasteiger partial charge on any atom is 0.282 e. The van der Waals surface area contributed by atoms with Crippen molar-refractivity contribution >= 4 is 11.6 Å².